The van der Waals surface area contributed by atoms with E-state index in [0.29, 0.717) is 17.9 Å². The molecule has 0 spiro atoms. The number of carbonyl (C=O) groups is 1. The van der Waals surface area contributed by atoms with Gasteiger partial charge in [0.05, 0.1) is 4.92 Å². The van der Waals surface area contributed by atoms with Gasteiger partial charge in [0.15, 0.2) is 5.78 Å². The number of aromatic nitrogens is 4. The SMILES string of the molecule is O=C1CCCC2=C1[C@@H](c1ccc([N+](=O)[O-])cc1)n1nnnc1N2. The number of nitrogens with one attached hydrogen (secondary N) is 1. The van der Waals surface area contributed by atoms with Gasteiger partial charge < -0.3 is 5.32 Å². The average molecular weight is 312 g/mol. The molecule has 0 amide bonds. The molecule has 0 fully saturated rings. The largest absolute Gasteiger partial charge is 0.326 e. The Balaban J connectivity index is 1.85. The summed E-state index contributed by atoms with van der Waals surface area (Å²) in [5.74, 6) is 0.532. The highest BCUT2D eigenvalue weighted by molar-refractivity contribution is 5.99. The Labute approximate surface area is 130 Å². The van der Waals surface area contributed by atoms with Crippen molar-refractivity contribution in [2.45, 2.75) is 25.3 Å². The summed E-state index contributed by atoms with van der Waals surface area (Å²) in [5.41, 5.74) is 2.23. The van der Waals surface area contributed by atoms with E-state index in [0.717, 1.165) is 24.1 Å². The van der Waals surface area contributed by atoms with E-state index in [1.165, 1.54) is 12.1 Å². The molecule has 23 heavy (non-hydrogen) atoms. The van der Waals surface area contributed by atoms with E-state index in [9.17, 15) is 14.9 Å². The maximum atomic E-state index is 12.4. The third-order valence-electron chi connectivity index (χ3n) is 4.15. The molecular weight excluding hydrogens is 300 g/mol. The zero-order valence-electron chi connectivity index (χ0n) is 12.0. The Morgan fingerprint density at radius 1 is 1.26 bits per heavy atom. The molecule has 1 aromatic heterocycles. The normalized spacial score (nSPS) is 19.8. The highest BCUT2D eigenvalue weighted by Gasteiger charge is 2.36. The fraction of sp³-hybridized carbons (Fsp3) is 0.286. The van der Waals surface area contributed by atoms with Crippen molar-refractivity contribution in [2.24, 2.45) is 0 Å². The number of benzene rings is 1. The second kappa shape index (κ2) is 4.97. The number of allylic oxidation sites excluding steroid dienone is 2. The predicted octanol–water partition coefficient (Wildman–Crippen LogP) is 1.60. The molecule has 2 heterocycles. The first-order valence-corrected chi connectivity index (χ1v) is 7.20. The number of carbonyl (C=O) groups excluding carboxylic acids is 1. The second-order valence-electron chi connectivity index (χ2n) is 5.49. The molecule has 4 rings (SSSR count). The number of nitro groups is 1. The van der Waals surface area contributed by atoms with E-state index in [-0.39, 0.29) is 11.5 Å². The standard InChI is InChI=1S/C14H12N6O3/c21-11-3-1-2-10-12(11)13(19-14(15-10)16-17-18-19)8-4-6-9(7-5-8)20(22)23/h4-7,13H,1-3H2,(H,15,16,18)/t13-/m1/s1. The van der Waals surface area contributed by atoms with Gasteiger partial charge in [0, 0.05) is 29.8 Å². The van der Waals surface area contributed by atoms with E-state index >= 15 is 0 Å². The van der Waals surface area contributed by atoms with E-state index in [2.05, 4.69) is 20.8 Å². The number of tetrazole rings is 1. The number of anilines is 1. The van der Waals surface area contributed by atoms with Gasteiger partial charge in [0.1, 0.15) is 6.04 Å². The minimum absolute atomic E-state index is 0.00352. The molecule has 2 aromatic rings. The molecule has 0 radical (unpaired) electrons. The van der Waals surface area contributed by atoms with Crippen molar-refractivity contribution >= 4 is 17.4 Å². The van der Waals surface area contributed by atoms with Gasteiger partial charge >= 0.3 is 0 Å². The molecule has 9 nitrogen and oxygen atoms in total. The molecule has 1 N–H and O–H groups in total. The summed E-state index contributed by atoms with van der Waals surface area (Å²) in [6.45, 7) is 0. The van der Waals surface area contributed by atoms with Gasteiger partial charge in [0.25, 0.3) is 5.69 Å². The summed E-state index contributed by atoms with van der Waals surface area (Å²) in [5, 5.41) is 25.5. The van der Waals surface area contributed by atoms with Gasteiger partial charge in [-0.1, -0.05) is 5.10 Å². The molecule has 2 aliphatic rings. The quantitative estimate of drug-likeness (QED) is 0.661. The van der Waals surface area contributed by atoms with Crippen LogP contribution in [0.1, 0.15) is 30.9 Å². The molecule has 0 unspecified atom stereocenters. The third-order valence-corrected chi connectivity index (χ3v) is 4.15. The molecule has 1 aromatic carbocycles. The molecule has 0 saturated carbocycles. The van der Waals surface area contributed by atoms with Gasteiger partial charge in [-0.25, -0.2) is 0 Å². The van der Waals surface area contributed by atoms with Crippen molar-refractivity contribution in [3.8, 4) is 0 Å². The van der Waals surface area contributed by atoms with Crippen LogP contribution in [-0.4, -0.2) is 30.9 Å². The van der Waals surface area contributed by atoms with Crippen LogP contribution < -0.4 is 5.32 Å². The molecule has 1 atom stereocenters. The molecule has 1 aliphatic carbocycles. The first-order chi connectivity index (χ1) is 11.1. The summed E-state index contributed by atoms with van der Waals surface area (Å²) >= 11 is 0. The monoisotopic (exact) mass is 312 g/mol. The smallest absolute Gasteiger partial charge is 0.269 e. The molecular formula is C14H12N6O3. The topological polar surface area (TPSA) is 116 Å². The third kappa shape index (κ3) is 2.08. The maximum absolute atomic E-state index is 12.4. The number of hydrogen-bond donors (Lipinski definition) is 1. The molecule has 9 heteroatoms. The van der Waals surface area contributed by atoms with Crippen LogP contribution in [-0.2, 0) is 4.79 Å². The van der Waals surface area contributed by atoms with Gasteiger partial charge in [-0.15, -0.1) is 0 Å². The van der Waals surface area contributed by atoms with Crippen LogP contribution in [0.2, 0.25) is 0 Å². The molecule has 116 valence electrons. The van der Waals surface area contributed by atoms with E-state index in [1.54, 1.807) is 16.8 Å². The number of nitrogens with zero attached hydrogens (tertiary/aromatic N) is 5. The van der Waals surface area contributed by atoms with Crippen molar-refractivity contribution in [3.63, 3.8) is 0 Å². The van der Waals surface area contributed by atoms with Crippen LogP contribution in [0.15, 0.2) is 35.5 Å². The Hall–Kier alpha value is -3.10. The maximum Gasteiger partial charge on any atom is 0.269 e. The lowest BCUT2D eigenvalue weighted by molar-refractivity contribution is -0.384. The van der Waals surface area contributed by atoms with Crippen LogP contribution in [0.25, 0.3) is 0 Å². The first-order valence-electron chi connectivity index (χ1n) is 7.20. The number of Topliss-reactive ketones (excluding diaryl/α,β-unsaturated/α-hetero) is 1. The average Bonchev–Trinajstić information content (AvgIpc) is 3.01. The summed E-state index contributed by atoms with van der Waals surface area (Å²) in [6, 6.07) is 5.69. The van der Waals surface area contributed by atoms with Crippen molar-refractivity contribution in [1.82, 2.24) is 20.2 Å². The van der Waals surface area contributed by atoms with E-state index in [1.807, 2.05) is 0 Å². The fourth-order valence-electron chi connectivity index (χ4n) is 3.10. The number of non-ortho nitro benzene ring substituents is 1. The van der Waals surface area contributed by atoms with Crippen molar-refractivity contribution in [2.75, 3.05) is 5.32 Å². The lowest BCUT2D eigenvalue weighted by Crippen LogP contribution is -2.31. The van der Waals surface area contributed by atoms with Crippen LogP contribution in [0.5, 0.6) is 0 Å². The van der Waals surface area contributed by atoms with Gasteiger partial charge in [-0.3, -0.25) is 14.9 Å². The van der Waals surface area contributed by atoms with Crippen molar-refractivity contribution in [1.29, 1.82) is 0 Å². The number of hydrogen-bond acceptors (Lipinski definition) is 7. The minimum atomic E-state index is -0.454. The summed E-state index contributed by atoms with van der Waals surface area (Å²) in [7, 11) is 0. The predicted molar refractivity (Wildman–Crippen MR) is 78.6 cm³/mol. The Morgan fingerprint density at radius 2 is 2.04 bits per heavy atom. The van der Waals surface area contributed by atoms with Gasteiger partial charge in [0.2, 0.25) is 5.95 Å². The van der Waals surface area contributed by atoms with Crippen LogP contribution in [0.3, 0.4) is 0 Å². The summed E-state index contributed by atoms with van der Waals surface area (Å²) in [4.78, 5) is 22.8. The molecule has 1 aliphatic heterocycles. The van der Waals surface area contributed by atoms with Gasteiger partial charge in [-0.2, -0.15) is 4.68 Å². The zero-order valence-corrected chi connectivity index (χ0v) is 12.0. The van der Waals surface area contributed by atoms with Crippen LogP contribution >= 0.6 is 0 Å². The highest BCUT2D eigenvalue weighted by Crippen LogP contribution is 2.39. The summed E-state index contributed by atoms with van der Waals surface area (Å²) in [6.07, 6.45) is 2.04. The molecule has 0 saturated heterocycles. The lowest BCUT2D eigenvalue weighted by atomic mass is 9.85. The molecule has 0 bridgehead atoms. The van der Waals surface area contributed by atoms with Crippen molar-refractivity contribution in [3.05, 3.63) is 51.2 Å². The Morgan fingerprint density at radius 3 is 2.78 bits per heavy atom. The number of rotatable bonds is 2. The lowest BCUT2D eigenvalue weighted by Gasteiger charge is -2.31. The number of ketones is 1. The Bertz CT molecular complexity index is 838. The highest BCUT2D eigenvalue weighted by atomic mass is 16.6. The minimum Gasteiger partial charge on any atom is -0.326 e. The number of nitro benzene ring substituents is 1. The van der Waals surface area contributed by atoms with Crippen LogP contribution in [0, 0.1) is 10.1 Å². The van der Waals surface area contributed by atoms with Gasteiger partial charge in [-0.05, 0) is 41.0 Å². The Kier molecular flexibility index (Phi) is 2.93. The summed E-state index contributed by atoms with van der Waals surface area (Å²) < 4.78 is 1.54. The first kappa shape index (κ1) is 13.6. The van der Waals surface area contributed by atoms with Crippen molar-refractivity contribution < 1.29 is 9.72 Å². The second-order valence-corrected chi connectivity index (χ2v) is 5.49. The van der Waals surface area contributed by atoms with Crippen LogP contribution in [0.4, 0.5) is 11.6 Å². The zero-order chi connectivity index (χ0) is 16.0. The van der Waals surface area contributed by atoms with E-state index in [4.69, 9.17) is 0 Å². The van der Waals surface area contributed by atoms with E-state index < -0.39 is 11.0 Å². The number of fused-ring (bicyclic) bond motifs is 1. The fourth-order valence-corrected chi connectivity index (χ4v) is 3.10.